The van der Waals surface area contributed by atoms with Gasteiger partial charge in [0.05, 0.1) is 10.0 Å². The number of hydrogen-bond acceptors (Lipinski definition) is 0. The van der Waals surface area contributed by atoms with E-state index in [1.807, 2.05) is 36.4 Å². The second kappa shape index (κ2) is 6.66. The molecule has 5 heteroatoms. The molecule has 0 aromatic heterocycles. The predicted octanol–water partition coefficient (Wildman–Crippen LogP) is 4.77. The normalized spacial score (nSPS) is 9.79. The van der Waals surface area contributed by atoms with Crippen LogP contribution in [0.1, 0.15) is 0 Å². The molecule has 2 aromatic carbocycles. The lowest BCUT2D eigenvalue weighted by molar-refractivity contribution is 1.59. The molecule has 0 spiro atoms. The van der Waals surface area contributed by atoms with E-state index in [0.29, 0.717) is 10.0 Å². The van der Waals surface area contributed by atoms with E-state index in [1.54, 1.807) is 12.1 Å². The van der Waals surface area contributed by atoms with Gasteiger partial charge in [0.2, 0.25) is 0 Å². The highest BCUT2D eigenvalue weighted by molar-refractivity contribution is 7.96. The van der Waals surface area contributed by atoms with Crippen LogP contribution in [0.4, 0.5) is 11.4 Å². The summed E-state index contributed by atoms with van der Waals surface area (Å²) in [5, 5.41) is 8.31. The average Bonchev–Trinajstić information content (AvgIpc) is 2.43. The highest BCUT2D eigenvalue weighted by Crippen LogP contribution is 2.25. The molecule has 0 saturated carbocycles. The summed E-state index contributed by atoms with van der Waals surface area (Å²) >= 11 is 11.9. The number of para-hydroxylation sites is 1. The minimum absolute atomic E-state index is 0.514. The van der Waals surface area contributed by atoms with Crippen LogP contribution in [0.3, 0.4) is 0 Å². The van der Waals surface area contributed by atoms with Crippen molar-refractivity contribution in [2.75, 3.05) is 10.6 Å². The molecular formula is C14H12Cl2N2S. The van der Waals surface area contributed by atoms with Gasteiger partial charge in [-0.05, 0) is 36.2 Å². The van der Waals surface area contributed by atoms with Crippen LogP contribution in [0.2, 0.25) is 10.0 Å². The molecule has 2 nitrogen and oxygen atoms in total. The first-order chi connectivity index (χ1) is 9.19. The standard InChI is InChI=1S/C14H12Cl2N2S/c1-19-14(17-10-5-3-2-4-6-10)18-11-7-8-12(15)13(16)9-11/h2-9,17-18H,1H2. The smallest absolute Gasteiger partial charge is 0.164 e. The fraction of sp³-hybridized carbons (Fsp3) is 0. The van der Waals surface area contributed by atoms with Crippen molar-refractivity contribution in [2.24, 2.45) is 0 Å². The maximum absolute atomic E-state index is 5.98. The molecule has 0 bridgehead atoms. The van der Waals surface area contributed by atoms with Crippen molar-refractivity contribution in [3.8, 4) is 0 Å². The van der Waals surface area contributed by atoms with Crippen molar-refractivity contribution in [1.82, 2.24) is 0 Å². The van der Waals surface area contributed by atoms with Gasteiger partial charge < -0.3 is 10.6 Å². The predicted molar refractivity (Wildman–Crippen MR) is 89.9 cm³/mol. The number of benzene rings is 2. The van der Waals surface area contributed by atoms with Crippen molar-refractivity contribution in [3.05, 3.63) is 58.6 Å². The van der Waals surface area contributed by atoms with Gasteiger partial charge in [-0.3, -0.25) is 0 Å². The maximum Gasteiger partial charge on any atom is 0.164 e. The monoisotopic (exact) mass is 310 g/mol. The minimum atomic E-state index is 0.514. The van der Waals surface area contributed by atoms with Crippen LogP contribution in [0.25, 0.3) is 0 Å². The summed E-state index contributed by atoms with van der Waals surface area (Å²) in [6, 6.07) is 15.2. The van der Waals surface area contributed by atoms with Crippen LogP contribution in [-0.2, 0) is 0 Å². The van der Waals surface area contributed by atoms with Gasteiger partial charge in [-0.25, -0.2) is 0 Å². The first-order valence-electron chi connectivity index (χ1n) is 5.52. The van der Waals surface area contributed by atoms with E-state index in [4.69, 9.17) is 23.2 Å². The average molecular weight is 311 g/mol. The van der Waals surface area contributed by atoms with Gasteiger partial charge in [-0.1, -0.05) is 41.4 Å². The summed E-state index contributed by atoms with van der Waals surface area (Å²) in [6.45, 7) is 0. The molecule has 19 heavy (non-hydrogen) atoms. The summed E-state index contributed by atoms with van der Waals surface area (Å²) < 4.78 is 0. The van der Waals surface area contributed by atoms with Crippen LogP contribution >= 0.6 is 34.1 Å². The highest BCUT2D eigenvalue weighted by atomic mass is 35.5. The van der Waals surface area contributed by atoms with Crippen LogP contribution in [-0.4, -0.2) is 11.0 Å². The Morgan fingerprint density at radius 3 is 2.21 bits per heavy atom. The summed E-state index contributed by atoms with van der Waals surface area (Å²) in [5.41, 5.74) is 1.84. The van der Waals surface area contributed by atoms with Crippen LogP contribution in [0.5, 0.6) is 0 Å². The van der Waals surface area contributed by atoms with Crippen molar-refractivity contribution in [2.45, 2.75) is 0 Å². The molecule has 0 saturated heterocycles. The Morgan fingerprint density at radius 1 is 0.895 bits per heavy atom. The molecule has 2 rings (SSSR count). The molecule has 0 atom stereocenters. The summed E-state index contributed by atoms with van der Waals surface area (Å²) in [7, 11) is 1.34. The Bertz CT molecular complexity index is 623. The zero-order valence-electron chi connectivity index (χ0n) is 9.99. The second-order valence-corrected chi connectivity index (χ2v) is 5.23. The van der Waals surface area contributed by atoms with Crippen molar-refractivity contribution >= 4 is 56.5 Å². The van der Waals surface area contributed by atoms with Crippen molar-refractivity contribution in [3.63, 3.8) is 0 Å². The van der Waals surface area contributed by atoms with Gasteiger partial charge in [0.25, 0.3) is 0 Å². The molecular weight excluding hydrogens is 299 g/mol. The fourth-order valence-electron chi connectivity index (χ4n) is 1.46. The van der Waals surface area contributed by atoms with Crippen LogP contribution in [0.15, 0.2) is 48.5 Å². The van der Waals surface area contributed by atoms with Crippen molar-refractivity contribution in [1.29, 1.82) is 0 Å². The Labute approximate surface area is 125 Å². The fourth-order valence-corrected chi connectivity index (χ4v) is 2.14. The van der Waals surface area contributed by atoms with Gasteiger partial charge >= 0.3 is 0 Å². The molecule has 0 aliphatic heterocycles. The zero-order valence-corrected chi connectivity index (χ0v) is 12.3. The van der Waals surface area contributed by atoms with Crippen LogP contribution in [0, 0.1) is 0 Å². The first kappa shape index (κ1) is 14.0. The third-order valence-corrected chi connectivity index (χ3v) is 3.59. The molecule has 0 aliphatic carbocycles. The Balaban J connectivity index is 2.12. The Morgan fingerprint density at radius 2 is 1.58 bits per heavy atom. The van der Waals surface area contributed by atoms with E-state index < -0.39 is 0 Å². The SMILES string of the molecule is C=S=C(Nc1ccccc1)Nc1ccc(Cl)c(Cl)c1. The van der Waals surface area contributed by atoms with Gasteiger partial charge in [-0.15, -0.1) is 10.9 Å². The first-order valence-corrected chi connectivity index (χ1v) is 7.26. The lowest BCUT2D eigenvalue weighted by Gasteiger charge is -2.11. The van der Waals surface area contributed by atoms with E-state index >= 15 is 0 Å². The summed E-state index contributed by atoms with van der Waals surface area (Å²) in [4.78, 5) is 0. The second-order valence-electron chi connectivity index (χ2n) is 3.72. The van der Waals surface area contributed by atoms with Gasteiger partial charge in [-0.2, -0.15) is 0 Å². The number of hydrogen-bond donors (Lipinski definition) is 2. The third-order valence-electron chi connectivity index (χ3n) is 2.35. The molecule has 0 amide bonds. The third kappa shape index (κ3) is 4.03. The summed E-state index contributed by atoms with van der Waals surface area (Å²) in [6.07, 6.45) is 0. The largest absolute Gasteiger partial charge is 0.333 e. The molecule has 0 unspecified atom stereocenters. The molecule has 0 heterocycles. The molecule has 0 radical (unpaired) electrons. The van der Waals surface area contributed by atoms with E-state index in [-0.39, 0.29) is 0 Å². The highest BCUT2D eigenvalue weighted by Gasteiger charge is 2.02. The zero-order chi connectivity index (χ0) is 13.7. The summed E-state index contributed by atoms with van der Waals surface area (Å²) in [5.74, 6) is 3.81. The molecule has 0 fully saturated rings. The molecule has 0 aliphatic rings. The van der Waals surface area contributed by atoms with Gasteiger partial charge in [0.15, 0.2) is 5.11 Å². The number of nitrogens with one attached hydrogen (secondary N) is 2. The number of rotatable bonds is 2. The van der Waals surface area contributed by atoms with Crippen LogP contribution < -0.4 is 10.6 Å². The lowest BCUT2D eigenvalue weighted by Crippen LogP contribution is -2.19. The number of halogens is 2. The Kier molecular flexibility index (Phi) is 4.91. The number of anilines is 2. The quantitative estimate of drug-likeness (QED) is 0.781. The van der Waals surface area contributed by atoms with Crippen molar-refractivity contribution < 1.29 is 0 Å². The van der Waals surface area contributed by atoms with E-state index in [0.717, 1.165) is 16.5 Å². The van der Waals surface area contributed by atoms with E-state index in [1.165, 1.54) is 10.9 Å². The Hall–Kier alpha value is -1.42. The molecule has 98 valence electrons. The minimum Gasteiger partial charge on any atom is -0.333 e. The van der Waals surface area contributed by atoms with Gasteiger partial charge in [0.1, 0.15) is 0 Å². The van der Waals surface area contributed by atoms with Gasteiger partial charge in [0, 0.05) is 11.4 Å². The topological polar surface area (TPSA) is 24.1 Å². The molecule has 2 aromatic rings. The lowest BCUT2D eigenvalue weighted by atomic mass is 10.3. The van der Waals surface area contributed by atoms with E-state index in [9.17, 15) is 0 Å². The molecule has 2 N–H and O–H groups in total. The van der Waals surface area contributed by atoms with E-state index in [2.05, 4.69) is 16.5 Å². The maximum atomic E-state index is 5.98.